The van der Waals surface area contributed by atoms with Crippen molar-refractivity contribution >= 4 is 35.4 Å². The van der Waals surface area contributed by atoms with E-state index in [0.717, 1.165) is 0 Å². The first-order valence-corrected chi connectivity index (χ1v) is 10.1. The lowest BCUT2D eigenvalue weighted by Gasteiger charge is -2.23. The molecule has 1 amide bonds. The molecule has 0 bridgehead atoms. The van der Waals surface area contributed by atoms with Crippen LogP contribution in [0.15, 0.2) is 36.8 Å². The molecule has 2 aromatic heterocycles. The average molecular weight is 463 g/mol. The fourth-order valence-corrected chi connectivity index (χ4v) is 2.83. The predicted molar refractivity (Wildman–Crippen MR) is 118 cm³/mol. The van der Waals surface area contributed by atoms with Gasteiger partial charge >= 0.3 is 6.09 Å². The van der Waals surface area contributed by atoms with Crippen molar-refractivity contribution in [1.29, 1.82) is 0 Å². The van der Waals surface area contributed by atoms with Gasteiger partial charge in [-0.3, -0.25) is 0 Å². The summed E-state index contributed by atoms with van der Waals surface area (Å²) in [6.45, 7) is 5.43. The number of hydrogen-bond donors (Lipinski definition) is 3. The highest BCUT2D eigenvalue weighted by Gasteiger charge is 2.20. The van der Waals surface area contributed by atoms with Crippen LogP contribution in [-0.2, 0) is 11.8 Å². The molecular weight excluding hydrogens is 439 g/mol. The van der Waals surface area contributed by atoms with Gasteiger partial charge in [-0.05, 0) is 50.1 Å². The van der Waals surface area contributed by atoms with Gasteiger partial charge in [0.1, 0.15) is 11.4 Å². The molecule has 0 aliphatic heterocycles. The second-order valence-corrected chi connectivity index (χ2v) is 8.27. The Kier molecular flexibility index (Phi) is 7.08. The van der Waals surface area contributed by atoms with Gasteiger partial charge in [-0.25, -0.2) is 14.2 Å². The number of ether oxygens (including phenoxy) is 1. The molecule has 1 aromatic carbocycles. The standard InChI is InChI=1S/C20H24ClFN8O2/c1-20(2,3)32-19(31)23-9-14(12-5-7-13(22)8-6-12)25-17-27-16(21)28-18(29-17)26-15-10-30(4)11-24-15/h5-8,10-11,14H,9H2,1-4H3,(H,23,31)(H2,25,26,27,28,29)/t14-/m1/s1. The lowest BCUT2D eigenvalue weighted by molar-refractivity contribution is 0.0525. The Labute approximate surface area is 189 Å². The Morgan fingerprint density at radius 2 is 1.88 bits per heavy atom. The molecule has 10 nitrogen and oxygen atoms in total. The highest BCUT2D eigenvalue weighted by Crippen LogP contribution is 2.20. The zero-order valence-corrected chi connectivity index (χ0v) is 18.8. The van der Waals surface area contributed by atoms with E-state index in [1.54, 1.807) is 50.0 Å². The maximum absolute atomic E-state index is 13.4. The molecule has 0 unspecified atom stereocenters. The first kappa shape index (κ1) is 23.2. The predicted octanol–water partition coefficient (Wildman–Crippen LogP) is 3.82. The number of hydrogen-bond acceptors (Lipinski definition) is 8. The number of aryl methyl sites for hydroxylation is 1. The molecule has 0 aliphatic rings. The summed E-state index contributed by atoms with van der Waals surface area (Å²) in [5, 5.41) is 8.70. The number of benzene rings is 1. The molecule has 0 aliphatic carbocycles. The van der Waals surface area contributed by atoms with E-state index in [2.05, 4.69) is 35.9 Å². The van der Waals surface area contributed by atoms with Gasteiger partial charge in [0.2, 0.25) is 17.2 Å². The van der Waals surface area contributed by atoms with Gasteiger partial charge in [0.15, 0.2) is 5.82 Å². The first-order valence-electron chi connectivity index (χ1n) is 9.73. The third kappa shape index (κ3) is 7.05. The van der Waals surface area contributed by atoms with Crippen molar-refractivity contribution < 1.29 is 13.9 Å². The van der Waals surface area contributed by atoms with E-state index in [-0.39, 0.29) is 29.5 Å². The van der Waals surface area contributed by atoms with Crippen molar-refractivity contribution in [3.63, 3.8) is 0 Å². The molecule has 12 heteroatoms. The first-order chi connectivity index (χ1) is 15.1. The van der Waals surface area contributed by atoms with Crippen molar-refractivity contribution in [2.75, 3.05) is 17.2 Å². The molecular formula is C20H24ClFN8O2. The number of anilines is 3. The zero-order chi connectivity index (χ0) is 23.3. The van der Waals surface area contributed by atoms with Crippen LogP contribution in [0, 0.1) is 5.82 Å². The summed E-state index contributed by atoms with van der Waals surface area (Å²) in [5.41, 5.74) is 0.0506. The van der Waals surface area contributed by atoms with Crippen LogP contribution in [0.3, 0.4) is 0 Å². The number of rotatable bonds is 7. The van der Waals surface area contributed by atoms with Crippen LogP contribution in [0.25, 0.3) is 0 Å². The summed E-state index contributed by atoms with van der Waals surface area (Å²) in [5.74, 6) is 0.493. The van der Waals surface area contributed by atoms with Crippen LogP contribution in [0.4, 0.5) is 26.9 Å². The number of alkyl carbamates (subject to hydrolysis) is 1. The van der Waals surface area contributed by atoms with Crippen molar-refractivity contribution in [3.8, 4) is 0 Å². The fraction of sp³-hybridized carbons (Fsp3) is 0.350. The Balaban J connectivity index is 1.79. The number of amides is 1. The van der Waals surface area contributed by atoms with Crippen LogP contribution < -0.4 is 16.0 Å². The molecule has 0 saturated carbocycles. The maximum Gasteiger partial charge on any atom is 0.407 e. The third-order valence-corrected chi connectivity index (χ3v) is 4.15. The highest BCUT2D eigenvalue weighted by molar-refractivity contribution is 6.28. The Morgan fingerprint density at radius 1 is 1.19 bits per heavy atom. The Bertz CT molecular complexity index is 1070. The zero-order valence-electron chi connectivity index (χ0n) is 18.1. The van der Waals surface area contributed by atoms with E-state index in [1.807, 2.05) is 7.05 Å². The van der Waals surface area contributed by atoms with E-state index >= 15 is 0 Å². The largest absolute Gasteiger partial charge is 0.444 e. The SMILES string of the molecule is Cn1cnc(Nc2nc(Cl)nc(N[C@H](CNC(=O)OC(C)(C)C)c3ccc(F)cc3)n2)c1. The number of halogens is 2. The summed E-state index contributed by atoms with van der Waals surface area (Å²) >= 11 is 6.06. The second kappa shape index (κ2) is 9.77. The van der Waals surface area contributed by atoms with Gasteiger partial charge < -0.3 is 25.3 Å². The lowest BCUT2D eigenvalue weighted by atomic mass is 10.1. The van der Waals surface area contributed by atoms with Crippen LogP contribution >= 0.6 is 11.6 Å². The van der Waals surface area contributed by atoms with E-state index in [1.165, 1.54) is 12.1 Å². The summed E-state index contributed by atoms with van der Waals surface area (Å²) in [7, 11) is 1.83. The number of carbonyl (C=O) groups is 1. The Hall–Kier alpha value is -3.47. The molecule has 0 fully saturated rings. The minimum atomic E-state index is -0.642. The molecule has 0 saturated heterocycles. The normalized spacial score (nSPS) is 12.2. The molecule has 1 atom stereocenters. The monoisotopic (exact) mass is 462 g/mol. The summed E-state index contributed by atoms with van der Waals surface area (Å²) in [4.78, 5) is 28.7. The van der Waals surface area contributed by atoms with Crippen molar-refractivity contribution in [3.05, 3.63) is 53.5 Å². The van der Waals surface area contributed by atoms with E-state index < -0.39 is 17.7 Å². The number of nitrogens with one attached hydrogen (secondary N) is 3. The molecule has 170 valence electrons. The van der Waals surface area contributed by atoms with E-state index in [0.29, 0.717) is 11.4 Å². The number of carbonyl (C=O) groups excluding carboxylic acids is 1. The van der Waals surface area contributed by atoms with Crippen molar-refractivity contribution in [1.82, 2.24) is 29.8 Å². The van der Waals surface area contributed by atoms with E-state index in [4.69, 9.17) is 16.3 Å². The number of aromatic nitrogens is 5. The number of nitrogens with zero attached hydrogens (tertiary/aromatic N) is 5. The Morgan fingerprint density at radius 3 is 2.50 bits per heavy atom. The highest BCUT2D eigenvalue weighted by atomic mass is 35.5. The maximum atomic E-state index is 13.4. The van der Waals surface area contributed by atoms with E-state index in [9.17, 15) is 9.18 Å². The summed E-state index contributed by atoms with van der Waals surface area (Å²) in [6.07, 6.45) is 2.78. The van der Waals surface area contributed by atoms with Gasteiger partial charge in [-0.1, -0.05) is 12.1 Å². The molecule has 3 aromatic rings. The smallest absolute Gasteiger partial charge is 0.407 e. The van der Waals surface area contributed by atoms with Gasteiger partial charge in [-0.15, -0.1) is 0 Å². The van der Waals surface area contributed by atoms with Gasteiger partial charge in [-0.2, -0.15) is 15.0 Å². The molecule has 3 N–H and O–H groups in total. The summed E-state index contributed by atoms with van der Waals surface area (Å²) < 4.78 is 20.5. The lowest BCUT2D eigenvalue weighted by Crippen LogP contribution is -2.36. The van der Waals surface area contributed by atoms with Crippen LogP contribution in [0.1, 0.15) is 32.4 Å². The molecule has 0 spiro atoms. The van der Waals surface area contributed by atoms with Gasteiger partial charge in [0.25, 0.3) is 0 Å². The molecule has 32 heavy (non-hydrogen) atoms. The van der Waals surface area contributed by atoms with Crippen molar-refractivity contribution in [2.45, 2.75) is 32.4 Å². The van der Waals surface area contributed by atoms with Gasteiger partial charge in [0, 0.05) is 19.8 Å². The number of imidazole rings is 1. The molecule has 2 heterocycles. The van der Waals surface area contributed by atoms with Crippen molar-refractivity contribution in [2.24, 2.45) is 7.05 Å². The molecule has 3 rings (SSSR count). The summed E-state index contributed by atoms with van der Waals surface area (Å²) in [6, 6.07) is 5.33. The minimum Gasteiger partial charge on any atom is -0.444 e. The van der Waals surface area contributed by atoms with Crippen LogP contribution in [0.5, 0.6) is 0 Å². The minimum absolute atomic E-state index is 0.0427. The fourth-order valence-electron chi connectivity index (χ4n) is 2.67. The quantitative estimate of drug-likeness (QED) is 0.485. The molecule has 0 radical (unpaired) electrons. The van der Waals surface area contributed by atoms with Crippen LogP contribution in [-0.4, -0.2) is 42.7 Å². The van der Waals surface area contributed by atoms with Crippen LogP contribution in [0.2, 0.25) is 5.28 Å². The topological polar surface area (TPSA) is 119 Å². The van der Waals surface area contributed by atoms with Gasteiger partial charge in [0.05, 0.1) is 12.4 Å². The third-order valence-electron chi connectivity index (χ3n) is 3.98. The average Bonchev–Trinajstić information content (AvgIpc) is 3.08. The second-order valence-electron chi connectivity index (χ2n) is 7.93.